The second kappa shape index (κ2) is 14.4. The normalized spacial score (nSPS) is 14.4. The number of carbonyl (C=O) groups excluding carboxylic acids is 2. The molecule has 224 valence electrons. The van der Waals surface area contributed by atoms with E-state index in [-0.39, 0.29) is 24.9 Å². The molecule has 10 heteroatoms. The van der Waals surface area contributed by atoms with Gasteiger partial charge in [-0.25, -0.2) is 8.42 Å². The molecular weight excluding hydrogens is 593 g/mol. The molecule has 42 heavy (non-hydrogen) atoms. The number of benzene rings is 3. The minimum atomic E-state index is -3.84. The molecule has 1 saturated carbocycles. The van der Waals surface area contributed by atoms with Gasteiger partial charge in [-0.05, 0) is 54.2 Å². The van der Waals surface area contributed by atoms with Crippen LogP contribution < -0.4 is 9.62 Å². The summed E-state index contributed by atoms with van der Waals surface area (Å²) in [5.74, 6) is -0.765. The molecule has 1 atom stereocenters. The van der Waals surface area contributed by atoms with Crippen molar-refractivity contribution in [3.05, 3.63) is 99.5 Å². The number of carbonyl (C=O) groups is 2. The van der Waals surface area contributed by atoms with E-state index in [2.05, 4.69) is 5.32 Å². The molecule has 0 aromatic heterocycles. The topological polar surface area (TPSA) is 86.8 Å². The molecule has 1 fully saturated rings. The maximum Gasteiger partial charge on any atom is 0.244 e. The lowest BCUT2D eigenvalue weighted by atomic mass is 10.0. The number of hydrogen-bond donors (Lipinski definition) is 1. The zero-order chi connectivity index (χ0) is 30.3. The molecule has 4 rings (SSSR count). The van der Waals surface area contributed by atoms with Crippen molar-refractivity contribution in [2.45, 2.75) is 64.1 Å². The molecule has 3 aromatic carbocycles. The average Bonchev–Trinajstić information content (AvgIpc) is 3.48. The molecule has 2 amide bonds. The van der Waals surface area contributed by atoms with Gasteiger partial charge in [0.15, 0.2) is 0 Å². The van der Waals surface area contributed by atoms with E-state index in [1.54, 1.807) is 30.3 Å². The molecule has 0 heterocycles. The van der Waals surface area contributed by atoms with Gasteiger partial charge in [0.2, 0.25) is 21.8 Å². The lowest BCUT2D eigenvalue weighted by Gasteiger charge is -2.34. The lowest BCUT2D eigenvalue weighted by molar-refractivity contribution is -0.140. The molecule has 0 aliphatic heterocycles. The van der Waals surface area contributed by atoms with Crippen LogP contribution in [0.15, 0.2) is 72.8 Å². The molecule has 0 spiro atoms. The van der Waals surface area contributed by atoms with E-state index in [9.17, 15) is 18.0 Å². The van der Waals surface area contributed by atoms with Gasteiger partial charge < -0.3 is 10.2 Å². The first-order valence-electron chi connectivity index (χ1n) is 14.2. The lowest BCUT2D eigenvalue weighted by Crippen LogP contribution is -2.54. The molecule has 7 nitrogen and oxygen atoms in total. The van der Waals surface area contributed by atoms with Gasteiger partial charge in [-0.1, -0.05) is 97.6 Å². The largest absolute Gasteiger partial charge is 0.352 e. The summed E-state index contributed by atoms with van der Waals surface area (Å²) in [6.07, 6.45) is 5.80. The van der Waals surface area contributed by atoms with E-state index < -0.39 is 28.5 Å². The third kappa shape index (κ3) is 8.27. The Balaban J connectivity index is 1.75. The van der Waals surface area contributed by atoms with Crippen molar-refractivity contribution in [1.82, 2.24) is 10.2 Å². The highest BCUT2D eigenvalue weighted by molar-refractivity contribution is 7.92. The number of para-hydroxylation sites is 1. The first kappa shape index (κ1) is 31.9. The molecule has 0 radical (unpaired) electrons. The smallest absolute Gasteiger partial charge is 0.244 e. The van der Waals surface area contributed by atoms with Gasteiger partial charge in [-0.15, -0.1) is 0 Å². The molecule has 3 aromatic rings. The second-order valence-electron chi connectivity index (χ2n) is 10.7. The van der Waals surface area contributed by atoms with Crippen LogP contribution >= 0.6 is 23.2 Å². The van der Waals surface area contributed by atoms with E-state index in [4.69, 9.17) is 23.2 Å². The minimum Gasteiger partial charge on any atom is -0.352 e. The van der Waals surface area contributed by atoms with Crippen LogP contribution in [0.25, 0.3) is 0 Å². The molecule has 1 aliphatic carbocycles. The number of hydrogen-bond acceptors (Lipinski definition) is 4. The Hall–Kier alpha value is -3.07. The number of nitrogens with zero attached hydrogens (tertiary/aromatic N) is 2. The van der Waals surface area contributed by atoms with E-state index in [1.807, 2.05) is 49.4 Å². The van der Waals surface area contributed by atoms with Gasteiger partial charge in [-0.3, -0.25) is 13.9 Å². The predicted octanol–water partition coefficient (Wildman–Crippen LogP) is 6.02. The third-order valence-corrected chi connectivity index (χ3v) is 9.50. The van der Waals surface area contributed by atoms with Gasteiger partial charge in [0.1, 0.15) is 12.6 Å². The fraction of sp³-hybridized carbons (Fsp3) is 0.375. The minimum absolute atomic E-state index is 0.0400. The zero-order valence-electron chi connectivity index (χ0n) is 23.9. The predicted molar refractivity (Wildman–Crippen MR) is 169 cm³/mol. The Kier molecular flexibility index (Phi) is 10.9. The van der Waals surface area contributed by atoms with E-state index >= 15 is 0 Å². The molecule has 0 bridgehead atoms. The number of sulfonamides is 1. The van der Waals surface area contributed by atoms with Crippen molar-refractivity contribution in [3.8, 4) is 0 Å². The fourth-order valence-electron chi connectivity index (χ4n) is 5.40. The maximum absolute atomic E-state index is 14.3. The molecule has 0 unspecified atom stereocenters. The molecule has 1 aliphatic rings. The summed E-state index contributed by atoms with van der Waals surface area (Å²) in [5, 5.41) is 3.86. The van der Waals surface area contributed by atoms with Crippen molar-refractivity contribution in [2.75, 3.05) is 17.1 Å². The van der Waals surface area contributed by atoms with Crippen molar-refractivity contribution in [3.63, 3.8) is 0 Å². The van der Waals surface area contributed by atoms with Gasteiger partial charge >= 0.3 is 0 Å². The van der Waals surface area contributed by atoms with E-state index in [1.165, 1.54) is 4.90 Å². The van der Waals surface area contributed by atoms with Gasteiger partial charge in [0.05, 0.1) is 22.0 Å². The number of amides is 2. The Bertz CT molecular complexity index is 1490. The van der Waals surface area contributed by atoms with Gasteiger partial charge in [0.25, 0.3) is 0 Å². The zero-order valence-corrected chi connectivity index (χ0v) is 26.3. The molecular formula is C32H37Cl2N3O4S. The molecule has 0 saturated heterocycles. The third-order valence-electron chi connectivity index (χ3n) is 7.63. The SMILES string of the molecule is CCc1ccccc1N(CC(=O)N(Cc1ccc(Cl)c(Cl)c1)[C@H](Cc1ccccc1)C(=O)NC1CCCC1)S(C)(=O)=O. The van der Waals surface area contributed by atoms with Crippen LogP contribution in [-0.2, 0) is 39.0 Å². The Morgan fingerprint density at radius 2 is 1.60 bits per heavy atom. The van der Waals surface area contributed by atoms with Crippen molar-refractivity contribution >= 4 is 50.7 Å². The van der Waals surface area contributed by atoms with Crippen LogP contribution in [0, 0.1) is 0 Å². The van der Waals surface area contributed by atoms with Gasteiger partial charge in [0, 0.05) is 19.0 Å². The highest BCUT2D eigenvalue weighted by Gasteiger charge is 2.34. The average molecular weight is 631 g/mol. The maximum atomic E-state index is 14.3. The van der Waals surface area contributed by atoms with Crippen molar-refractivity contribution in [2.24, 2.45) is 0 Å². The monoisotopic (exact) mass is 629 g/mol. The highest BCUT2D eigenvalue weighted by Crippen LogP contribution is 2.27. The van der Waals surface area contributed by atoms with Crippen LogP contribution in [0.5, 0.6) is 0 Å². The van der Waals surface area contributed by atoms with Crippen LogP contribution in [0.3, 0.4) is 0 Å². The second-order valence-corrected chi connectivity index (χ2v) is 13.4. The van der Waals surface area contributed by atoms with Crippen molar-refractivity contribution < 1.29 is 18.0 Å². The number of rotatable bonds is 12. The number of aryl methyl sites for hydroxylation is 1. The highest BCUT2D eigenvalue weighted by atomic mass is 35.5. The Morgan fingerprint density at radius 3 is 2.24 bits per heavy atom. The summed E-state index contributed by atoms with van der Waals surface area (Å²) in [6.45, 7) is 1.51. The number of halogens is 2. The quantitative estimate of drug-likeness (QED) is 0.265. The first-order chi connectivity index (χ1) is 20.1. The van der Waals surface area contributed by atoms with Crippen LogP contribution in [0.2, 0.25) is 10.0 Å². The summed E-state index contributed by atoms with van der Waals surface area (Å²) in [6, 6.07) is 20.8. The fourth-order valence-corrected chi connectivity index (χ4v) is 6.61. The first-order valence-corrected chi connectivity index (χ1v) is 16.8. The standard InChI is InChI=1S/C32H37Cl2N3O4S/c1-3-25-13-7-10-16-29(25)37(42(2,40)41)22-31(38)36(21-24-17-18-27(33)28(34)19-24)30(20-23-11-5-4-6-12-23)32(39)35-26-14-8-9-15-26/h4-7,10-13,16-19,26,30H,3,8-9,14-15,20-22H2,1-2H3,(H,35,39)/t30-/m1/s1. The van der Waals surface area contributed by atoms with Crippen LogP contribution in [0.1, 0.15) is 49.3 Å². The Labute approximate surface area is 258 Å². The number of anilines is 1. The summed E-state index contributed by atoms with van der Waals surface area (Å²) in [4.78, 5) is 29.7. The summed E-state index contributed by atoms with van der Waals surface area (Å²) in [5.41, 5.74) is 2.79. The summed E-state index contributed by atoms with van der Waals surface area (Å²) < 4.78 is 27.3. The summed E-state index contributed by atoms with van der Waals surface area (Å²) in [7, 11) is -3.84. The summed E-state index contributed by atoms with van der Waals surface area (Å²) >= 11 is 12.5. The molecule has 1 N–H and O–H groups in total. The van der Waals surface area contributed by atoms with E-state index in [0.29, 0.717) is 27.7 Å². The van der Waals surface area contributed by atoms with E-state index in [0.717, 1.165) is 47.4 Å². The number of nitrogens with one attached hydrogen (secondary N) is 1. The van der Waals surface area contributed by atoms with Gasteiger partial charge in [-0.2, -0.15) is 0 Å². The van der Waals surface area contributed by atoms with Crippen LogP contribution in [0.4, 0.5) is 5.69 Å². The van der Waals surface area contributed by atoms with Crippen LogP contribution in [-0.4, -0.2) is 50.0 Å². The van der Waals surface area contributed by atoms with Crippen molar-refractivity contribution in [1.29, 1.82) is 0 Å². The Morgan fingerprint density at radius 1 is 0.929 bits per heavy atom.